The van der Waals surface area contributed by atoms with Gasteiger partial charge in [-0.15, -0.1) is 0 Å². The molecule has 0 radical (unpaired) electrons. The van der Waals surface area contributed by atoms with Crippen LogP contribution < -0.4 is 5.32 Å². The summed E-state index contributed by atoms with van der Waals surface area (Å²) < 4.78 is 10.3. The van der Waals surface area contributed by atoms with Crippen molar-refractivity contribution in [3.63, 3.8) is 0 Å². The van der Waals surface area contributed by atoms with Crippen LogP contribution in [0.15, 0.2) is 0 Å². The summed E-state index contributed by atoms with van der Waals surface area (Å²) in [5, 5.41) is 3.08. The van der Waals surface area contributed by atoms with Crippen LogP contribution in [0.1, 0.15) is 34.1 Å². The summed E-state index contributed by atoms with van der Waals surface area (Å²) >= 11 is 0. The molecule has 4 heteroatoms. The molecule has 0 aliphatic heterocycles. The highest BCUT2D eigenvalue weighted by molar-refractivity contribution is 5.75. The second kappa shape index (κ2) is 8.53. The van der Waals surface area contributed by atoms with Crippen LogP contribution >= 0.6 is 0 Å². The summed E-state index contributed by atoms with van der Waals surface area (Å²) in [6.07, 6.45) is 0.873. The van der Waals surface area contributed by atoms with E-state index in [1.54, 1.807) is 0 Å². The van der Waals surface area contributed by atoms with Crippen molar-refractivity contribution in [2.75, 3.05) is 20.3 Å². The molecule has 0 amide bonds. The Morgan fingerprint density at radius 1 is 1.31 bits per heavy atom. The summed E-state index contributed by atoms with van der Waals surface area (Å²) in [6.45, 7) is 9.57. The highest BCUT2D eigenvalue weighted by Gasteiger charge is 2.18. The fourth-order valence-corrected chi connectivity index (χ4v) is 1.26. The SMILES string of the molecule is CCNC(CCOC(C)C(C)C)C(=O)OC. The van der Waals surface area contributed by atoms with Gasteiger partial charge in [-0.25, -0.2) is 0 Å². The molecule has 0 spiro atoms. The molecule has 96 valence electrons. The topological polar surface area (TPSA) is 47.6 Å². The maximum Gasteiger partial charge on any atom is 0.322 e. The minimum absolute atomic E-state index is 0.220. The first kappa shape index (κ1) is 15.4. The minimum Gasteiger partial charge on any atom is -0.468 e. The van der Waals surface area contributed by atoms with E-state index in [4.69, 9.17) is 9.47 Å². The number of hydrogen-bond acceptors (Lipinski definition) is 4. The standard InChI is InChI=1S/C12H25NO3/c1-6-13-11(12(14)15-5)7-8-16-10(4)9(2)3/h9-11,13H,6-8H2,1-5H3. The average molecular weight is 231 g/mol. The van der Waals surface area contributed by atoms with Crippen molar-refractivity contribution < 1.29 is 14.3 Å². The lowest BCUT2D eigenvalue weighted by molar-refractivity contribution is -0.143. The lowest BCUT2D eigenvalue weighted by atomic mass is 10.1. The van der Waals surface area contributed by atoms with Gasteiger partial charge in [0.05, 0.1) is 13.2 Å². The molecular formula is C12H25NO3. The molecule has 16 heavy (non-hydrogen) atoms. The number of methoxy groups -OCH3 is 1. The van der Waals surface area contributed by atoms with Crippen LogP contribution in [0.2, 0.25) is 0 Å². The molecule has 2 atom stereocenters. The second-order valence-corrected chi connectivity index (χ2v) is 4.24. The van der Waals surface area contributed by atoms with E-state index in [9.17, 15) is 4.79 Å². The lowest BCUT2D eigenvalue weighted by Crippen LogP contribution is -2.38. The van der Waals surface area contributed by atoms with Gasteiger partial charge in [-0.2, -0.15) is 0 Å². The Balaban J connectivity index is 3.89. The molecule has 0 heterocycles. The highest BCUT2D eigenvalue weighted by atomic mass is 16.5. The third-order valence-corrected chi connectivity index (χ3v) is 2.66. The molecule has 0 rings (SSSR count). The maximum absolute atomic E-state index is 11.4. The number of rotatable bonds is 8. The van der Waals surface area contributed by atoms with Crippen LogP contribution in [0.5, 0.6) is 0 Å². The largest absolute Gasteiger partial charge is 0.468 e. The molecule has 0 saturated carbocycles. The van der Waals surface area contributed by atoms with Crippen molar-refractivity contribution in [1.29, 1.82) is 0 Å². The molecule has 0 aromatic rings. The Bertz CT molecular complexity index is 195. The number of esters is 1. The van der Waals surface area contributed by atoms with Crippen LogP contribution in [-0.2, 0) is 14.3 Å². The van der Waals surface area contributed by atoms with Crippen molar-refractivity contribution in [3.8, 4) is 0 Å². The van der Waals surface area contributed by atoms with Gasteiger partial charge in [-0.05, 0) is 25.8 Å². The molecule has 0 aromatic carbocycles. The zero-order valence-corrected chi connectivity index (χ0v) is 11.1. The number of nitrogens with one attached hydrogen (secondary N) is 1. The molecule has 0 aromatic heterocycles. The van der Waals surface area contributed by atoms with Crippen LogP contribution in [0.3, 0.4) is 0 Å². The minimum atomic E-state index is -0.255. The van der Waals surface area contributed by atoms with Crippen molar-refractivity contribution >= 4 is 5.97 Å². The Labute approximate surface area is 98.7 Å². The van der Waals surface area contributed by atoms with E-state index < -0.39 is 0 Å². The summed E-state index contributed by atoms with van der Waals surface area (Å²) in [6, 6.07) is -0.255. The molecule has 4 nitrogen and oxygen atoms in total. The predicted octanol–water partition coefficient (Wildman–Crippen LogP) is 1.59. The van der Waals surface area contributed by atoms with E-state index in [2.05, 4.69) is 19.2 Å². The van der Waals surface area contributed by atoms with Crippen molar-refractivity contribution in [3.05, 3.63) is 0 Å². The molecule has 1 N–H and O–H groups in total. The van der Waals surface area contributed by atoms with Crippen molar-refractivity contribution in [2.24, 2.45) is 5.92 Å². The van der Waals surface area contributed by atoms with Crippen LogP contribution in [0.4, 0.5) is 0 Å². The first-order valence-corrected chi connectivity index (χ1v) is 5.95. The maximum atomic E-state index is 11.4. The molecule has 0 aliphatic carbocycles. The van der Waals surface area contributed by atoms with Gasteiger partial charge in [0.2, 0.25) is 0 Å². The van der Waals surface area contributed by atoms with E-state index in [0.29, 0.717) is 18.9 Å². The predicted molar refractivity (Wildman–Crippen MR) is 64.3 cm³/mol. The van der Waals surface area contributed by atoms with Gasteiger partial charge in [0.25, 0.3) is 0 Å². The summed E-state index contributed by atoms with van der Waals surface area (Å²) in [5.74, 6) is 0.276. The Morgan fingerprint density at radius 3 is 2.38 bits per heavy atom. The van der Waals surface area contributed by atoms with E-state index in [1.165, 1.54) is 7.11 Å². The van der Waals surface area contributed by atoms with Gasteiger partial charge in [-0.1, -0.05) is 20.8 Å². The first-order chi connectivity index (χ1) is 7.52. The second-order valence-electron chi connectivity index (χ2n) is 4.24. The first-order valence-electron chi connectivity index (χ1n) is 5.95. The summed E-state index contributed by atoms with van der Waals surface area (Å²) in [5.41, 5.74) is 0. The Morgan fingerprint density at radius 2 is 1.94 bits per heavy atom. The fraction of sp³-hybridized carbons (Fsp3) is 0.917. The monoisotopic (exact) mass is 231 g/mol. The quantitative estimate of drug-likeness (QED) is 0.644. The molecular weight excluding hydrogens is 206 g/mol. The van der Waals surface area contributed by atoms with E-state index in [-0.39, 0.29) is 18.1 Å². The number of ether oxygens (including phenoxy) is 2. The van der Waals surface area contributed by atoms with Gasteiger partial charge in [-0.3, -0.25) is 4.79 Å². The van der Waals surface area contributed by atoms with Gasteiger partial charge in [0.15, 0.2) is 0 Å². The van der Waals surface area contributed by atoms with E-state index >= 15 is 0 Å². The third kappa shape index (κ3) is 6.08. The number of carbonyl (C=O) groups excluding carboxylic acids is 1. The van der Waals surface area contributed by atoms with E-state index in [1.807, 2.05) is 13.8 Å². The van der Waals surface area contributed by atoms with Gasteiger partial charge < -0.3 is 14.8 Å². The molecule has 0 saturated heterocycles. The summed E-state index contributed by atoms with van der Waals surface area (Å²) in [4.78, 5) is 11.4. The zero-order chi connectivity index (χ0) is 12.6. The van der Waals surface area contributed by atoms with Gasteiger partial charge in [0, 0.05) is 6.61 Å². The smallest absolute Gasteiger partial charge is 0.322 e. The summed E-state index contributed by atoms with van der Waals surface area (Å²) in [7, 11) is 1.41. The lowest BCUT2D eigenvalue weighted by Gasteiger charge is -2.19. The van der Waals surface area contributed by atoms with Gasteiger partial charge in [0.1, 0.15) is 6.04 Å². The molecule has 0 aliphatic rings. The molecule has 0 fully saturated rings. The average Bonchev–Trinajstić information content (AvgIpc) is 2.26. The fourth-order valence-electron chi connectivity index (χ4n) is 1.26. The zero-order valence-electron chi connectivity index (χ0n) is 11.1. The van der Waals surface area contributed by atoms with Crippen LogP contribution in [0.25, 0.3) is 0 Å². The molecule has 0 bridgehead atoms. The van der Waals surface area contributed by atoms with Gasteiger partial charge >= 0.3 is 5.97 Å². The normalized spacial score (nSPS) is 14.9. The van der Waals surface area contributed by atoms with Crippen molar-refractivity contribution in [1.82, 2.24) is 5.32 Å². The Kier molecular flexibility index (Phi) is 8.21. The third-order valence-electron chi connectivity index (χ3n) is 2.66. The van der Waals surface area contributed by atoms with Crippen LogP contribution in [-0.4, -0.2) is 38.4 Å². The number of hydrogen-bond donors (Lipinski definition) is 1. The number of carbonyl (C=O) groups is 1. The van der Waals surface area contributed by atoms with Crippen molar-refractivity contribution in [2.45, 2.75) is 46.3 Å². The number of likely N-dealkylation sites (N-methyl/N-ethyl adjacent to an activating group) is 1. The van der Waals surface area contributed by atoms with E-state index in [0.717, 1.165) is 6.54 Å². The molecule has 2 unspecified atom stereocenters. The Hall–Kier alpha value is -0.610. The highest BCUT2D eigenvalue weighted by Crippen LogP contribution is 2.06. The van der Waals surface area contributed by atoms with Crippen LogP contribution in [0, 0.1) is 5.92 Å².